The lowest BCUT2D eigenvalue weighted by Gasteiger charge is -2.22. The standard InChI is InChI=1S/C24H31Br2N3O3S/c1-28(9-10-33-18-14-19(25)24(27)20(26)15-18)6-4-7-29-8-5-16-11-21(31-2)22(32-3)12-17(16)13-23(29)30/h11-12,14-15H,4-10,13,27H2,1-3H3. The summed E-state index contributed by atoms with van der Waals surface area (Å²) in [7, 11) is 5.40. The Hall–Kier alpha value is -1.42. The Balaban J connectivity index is 1.44. The summed E-state index contributed by atoms with van der Waals surface area (Å²) in [4.78, 5) is 18.3. The zero-order chi connectivity index (χ0) is 24.0. The minimum atomic E-state index is 0.179. The average molecular weight is 601 g/mol. The minimum Gasteiger partial charge on any atom is -0.493 e. The summed E-state index contributed by atoms with van der Waals surface area (Å²) in [6, 6.07) is 8.06. The molecule has 3 rings (SSSR count). The van der Waals surface area contributed by atoms with E-state index in [0.717, 1.165) is 70.7 Å². The lowest BCUT2D eigenvalue weighted by Crippen LogP contribution is -2.35. The molecule has 0 radical (unpaired) electrons. The van der Waals surface area contributed by atoms with Crippen molar-refractivity contribution in [3.63, 3.8) is 0 Å². The van der Waals surface area contributed by atoms with Crippen LogP contribution < -0.4 is 15.2 Å². The van der Waals surface area contributed by atoms with Gasteiger partial charge in [0.2, 0.25) is 5.91 Å². The van der Waals surface area contributed by atoms with Crippen LogP contribution in [-0.2, 0) is 17.6 Å². The number of carbonyl (C=O) groups is 1. The van der Waals surface area contributed by atoms with Crippen LogP contribution in [0.5, 0.6) is 11.5 Å². The number of ether oxygens (including phenoxy) is 2. The van der Waals surface area contributed by atoms with E-state index >= 15 is 0 Å². The number of hydrogen-bond acceptors (Lipinski definition) is 6. The number of methoxy groups -OCH3 is 2. The van der Waals surface area contributed by atoms with Gasteiger partial charge in [-0.15, -0.1) is 11.8 Å². The Bertz CT molecular complexity index is 967. The number of thioether (sulfide) groups is 1. The maximum Gasteiger partial charge on any atom is 0.227 e. The predicted octanol–water partition coefficient (Wildman–Crippen LogP) is 4.85. The average Bonchev–Trinajstić information content (AvgIpc) is 2.94. The van der Waals surface area contributed by atoms with E-state index < -0.39 is 0 Å². The fourth-order valence-corrected chi connectivity index (χ4v) is 6.39. The third-order valence-electron chi connectivity index (χ3n) is 5.81. The van der Waals surface area contributed by atoms with E-state index in [9.17, 15) is 4.79 Å². The second kappa shape index (κ2) is 12.3. The van der Waals surface area contributed by atoms with Gasteiger partial charge in [0, 0.05) is 39.2 Å². The quantitative estimate of drug-likeness (QED) is 0.311. The molecule has 6 nitrogen and oxygen atoms in total. The van der Waals surface area contributed by atoms with E-state index in [2.05, 4.69) is 55.9 Å². The van der Waals surface area contributed by atoms with Gasteiger partial charge in [-0.25, -0.2) is 0 Å². The van der Waals surface area contributed by atoms with Crippen molar-refractivity contribution in [3.8, 4) is 11.5 Å². The number of halogens is 2. The highest BCUT2D eigenvalue weighted by molar-refractivity contribution is 9.11. The molecule has 1 aliphatic rings. The van der Waals surface area contributed by atoms with Gasteiger partial charge in [0.05, 0.1) is 26.3 Å². The molecule has 0 saturated carbocycles. The number of benzene rings is 2. The van der Waals surface area contributed by atoms with Crippen LogP contribution in [0.4, 0.5) is 5.69 Å². The summed E-state index contributed by atoms with van der Waals surface area (Å²) < 4.78 is 12.7. The summed E-state index contributed by atoms with van der Waals surface area (Å²) in [6.45, 7) is 3.44. The zero-order valence-electron chi connectivity index (χ0n) is 19.3. The van der Waals surface area contributed by atoms with Crippen molar-refractivity contribution in [2.24, 2.45) is 0 Å². The van der Waals surface area contributed by atoms with Gasteiger partial charge < -0.3 is 25.0 Å². The molecule has 0 bridgehead atoms. The molecule has 180 valence electrons. The van der Waals surface area contributed by atoms with Gasteiger partial charge in [-0.2, -0.15) is 0 Å². The lowest BCUT2D eigenvalue weighted by molar-refractivity contribution is -0.130. The molecule has 1 aliphatic heterocycles. The number of carbonyl (C=O) groups excluding carboxylic acids is 1. The summed E-state index contributed by atoms with van der Waals surface area (Å²) in [6.07, 6.45) is 2.20. The molecule has 0 aromatic heterocycles. The molecule has 0 atom stereocenters. The van der Waals surface area contributed by atoms with Crippen molar-refractivity contribution in [2.75, 3.05) is 58.9 Å². The van der Waals surface area contributed by atoms with E-state index in [1.807, 2.05) is 28.8 Å². The molecular formula is C24H31Br2N3O3S. The maximum absolute atomic E-state index is 12.8. The number of amides is 1. The largest absolute Gasteiger partial charge is 0.493 e. The van der Waals surface area contributed by atoms with E-state index in [-0.39, 0.29) is 5.91 Å². The normalized spacial score (nSPS) is 13.8. The molecule has 0 spiro atoms. The third-order valence-corrected chi connectivity index (χ3v) is 8.08. The summed E-state index contributed by atoms with van der Waals surface area (Å²) in [5.41, 5.74) is 8.89. The third kappa shape index (κ3) is 7.04. The number of anilines is 1. The van der Waals surface area contributed by atoms with Crippen LogP contribution in [0.3, 0.4) is 0 Å². The monoisotopic (exact) mass is 599 g/mol. The summed E-state index contributed by atoms with van der Waals surface area (Å²) in [5, 5.41) is 0. The topological polar surface area (TPSA) is 68.0 Å². The minimum absolute atomic E-state index is 0.179. The van der Waals surface area contributed by atoms with Crippen LogP contribution in [0, 0.1) is 0 Å². The Morgan fingerprint density at radius 2 is 1.70 bits per heavy atom. The molecule has 33 heavy (non-hydrogen) atoms. The molecule has 2 N–H and O–H groups in total. The number of nitrogens with zero attached hydrogens (tertiary/aromatic N) is 2. The fourth-order valence-electron chi connectivity index (χ4n) is 3.86. The smallest absolute Gasteiger partial charge is 0.227 e. The van der Waals surface area contributed by atoms with Crippen LogP contribution in [0.1, 0.15) is 17.5 Å². The summed E-state index contributed by atoms with van der Waals surface area (Å²) >= 11 is 8.81. The van der Waals surface area contributed by atoms with Gasteiger partial charge >= 0.3 is 0 Å². The Morgan fingerprint density at radius 1 is 1.06 bits per heavy atom. The van der Waals surface area contributed by atoms with Gasteiger partial charge in [-0.1, -0.05) is 0 Å². The fraction of sp³-hybridized carbons (Fsp3) is 0.458. The van der Waals surface area contributed by atoms with E-state index in [1.54, 1.807) is 14.2 Å². The highest BCUT2D eigenvalue weighted by Gasteiger charge is 2.22. The van der Waals surface area contributed by atoms with Crippen LogP contribution in [0.2, 0.25) is 0 Å². The zero-order valence-corrected chi connectivity index (χ0v) is 23.3. The van der Waals surface area contributed by atoms with Gasteiger partial charge in [0.1, 0.15) is 0 Å². The second-order valence-electron chi connectivity index (χ2n) is 8.09. The number of hydrogen-bond donors (Lipinski definition) is 1. The highest BCUT2D eigenvalue weighted by Crippen LogP contribution is 2.34. The van der Waals surface area contributed by atoms with Crippen molar-refractivity contribution in [3.05, 3.63) is 44.3 Å². The van der Waals surface area contributed by atoms with Crippen LogP contribution in [0.25, 0.3) is 0 Å². The van der Waals surface area contributed by atoms with Crippen molar-refractivity contribution in [1.82, 2.24) is 9.80 Å². The van der Waals surface area contributed by atoms with Crippen LogP contribution >= 0.6 is 43.6 Å². The van der Waals surface area contributed by atoms with Gasteiger partial charge in [0.25, 0.3) is 0 Å². The van der Waals surface area contributed by atoms with Crippen molar-refractivity contribution >= 4 is 55.2 Å². The van der Waals surface area contributed by atoms with Gasteiger partial charge in [-0.05, 0) is 93.7 Å². The van der Waals surface area contributed by atoms with E-state index in [0.29, 0.717) is 12.2 Å². The Labute approximate surface area is 217 Å². The van der Waals surface area contributed by atoms with E-state index in [1.165, 1.54) is 10.5 Å². The van der Waals surface area contributed by atoms with Gasteiger partial charge in [0.15, 0.2) is 11.5 Å². The molecule has 1 amide bonds. The van der Waals surface area contributed by atoms with Crippen LogP contribution in [0.15, 0.2) is 38.1 Å². The SMILES string of the molecule is COc1cc2c(cc1OC)CC(=O)N(CCCN(C)CCSc1cc(Br)c(N)c(Br)c1)CC2. The predicted molar refractivity (Wildman–Crippen MR) is 143 cm³/mol. The van der Waals surface area contributed by atoms with Crippen molar-refractivity contribution in [1.29, 1.82) is 0 Å². The molecule has 0 aliphatic carbocycles. The second-order valence-corrected chi connectivity index (χ2v) is 11.0. The van der Waals surface area contributed by atoms with E-state index in [4.69, 9.17) is 15.2 Å². The number of nitrogen functional groups attached to an aromatic ring is 1. The van der Waals surface area contributed by atoms with Crippen LogP contribution in [-0.4, -0.2) is 68.9 Å². The first kappa shape index (κ1) is 26.2. The maximum atomic E-state index is 12.8. The highest BCUT2D eigenvalue weighted by atomic mass is 79.9. The number of fused-ring (bicyclic) bond motifs is 1. The van der Waals surface area contributed by atoms with Crippen molar-refractivity contribution in [2.45, 2.75) is 24.2 Å². The summed E-state index contributed by atoms with van der Waals surface area (Å²) in [5.74, 6) is 2.56. The first-order valence-electron chi connectivity index (χ1n) is 10.9. The molecular weight excluding hydrogens is 570 g/mol. The molecule has 2 aromatic rings. The first-order valence-corrected chi connectivity index (χ1v) is 13.5. The molecule has 0 fully saturated rings. The van der Waals surface area contributed by atoms with Crippen molar-refractivity contribution < 1.29 is 14.3 Å². The molecule has 1 heterocycles. The number of nitrogens with two attached hydrogens (primary N) is 1. The lowest BCUT2D eigenvalue weighted by atomic mass is 10.0. The Kier molecular flexibility index (Phi) is 9.79. The Morgan fingerprint density at radius 3 is 2.33 bits per heavy atom. The van der Waals surface area contributed by atoms with Gasteiger partial charge in [-0.3, -0.25) is 4.79 Å². The molecule has 9 heteroatoms. The molecule has 0 saturated heterocycles. The molecule has 2 aromatic carbocycles. The first-order chi connectivity index (χ1) is 15.8. The number of rotatable bonds is 10. The molecule has 0 unspecified atom stereocenters.